The van der Waals surface area contributed by atoms with Crippen LogP contribution in [0.4, 0.5) is 0 Å². The highest BCUT2D eigenvalue weighted by atomic mass is 16.5. The minimum Gasteiger partial charge on any atom is -0.458 e. The molecule has 0 aromatic rings. The molecule has 0 saturated carbocycles. The Morgan fingerprint density at radius 2 is 1.60 bits per heavy atom. The summed E-state index contributed by atoms with van der Waals surface area (Å²) in [4.78, 5) is 39.3. The van der Waals surface area contributed by atoms with Gasteiger partial charge in [0, 0.05) is 103 Å². The van der Waals surface area contributed by atoms with E-state index in [1.54, 1.807) is 47.8 Å². The number of rotatable bonds is 16. The van der Waals surface area contributed by atoms with Gasteiger partial charge in [-0.25, -0.2) is 4.79 Å². The van der Waals surface area contributed by atoms with Crippen molar-refractivity contribution in [1.82, 2.24) is 4.90 Å². The lowest BCUT2D eigenvalue weighted by molar-refractivity contribution is -0.159. The molecule has 0 unspecified atom stereocenters. The summed E-state index contributed by atoms with van der Waals surface area (Å²) < 4.78 is 36.5. The molecule has 0 aromatic heterocycles. The van der Waals surface area contributed by atoms with Gasteiger partial charge in [0.15, 0.2) is 0 Å². The fourth-order valence-corrected chi connectivity index (χ4v) is 8.31. The molecule has 326 valence electrons. The highest BCUT2D eigenvalue weighted by molar-refractivity contribution is 5.82. The minimum atomic E-state index is -0.911. The summed E-state index contributed by atoms with van der Waals surface area (Å²) in [7, 11) is 8.22. The number of aliphatic hydroxyl groups is 2. The summed E-state index contributed by atoms with van der Waals surface area (Å²) >= 11 is 0. The van der Waals surface area contributed by atoms with Crippen LogP contribution in [0.2, 0.25) is 0 Å². The molecule has 0 saturated heterocycles. The van der Waals surface area contributed by atoms with Crippen molar-refractivity contribution in [1.29, 1.82) is 0 Å². The number of cyclic esters (lactones) is 1. The normalized spacial score (nSPS) is 32.6. The molecule has 2 rings (SSSR count). The monoisotopic (exact) mass is 806 g/mol. The van der Waals surface area contributed by atoms with Crippen LogP contribution in [0.1, 0.15) is 93.4 Å². The van der Waals surface area contributed by atoms with Gasteiger partial charge in [0.1, 0.15) is 11.9 Å². The third-order valence-electron chi connectivity index (χ3n) is 12.3. The number of amides is 1. The first-order chi connectivity index (χ1) is 27.0. The van der Waals surface area contributed by atoms with E-state index in [0.717, 1.165) is 12.0 Å². The molecule has 0 radical (unpaired) electrons. The average molecular weight is 806 g/mol. The fraction of sp³-hybridized carbons (Fsp3) is 0.756. The van der Waals surface area contributed by atoms with Crippen molar-refractivity contribution in [2.45, 2.75) is 148 Å². The topological polar surface area (TPSA) is 150 Å². The summed E-state index contributed by atoms with van der Waals surface area (Å²) in [5.74, 6) is -2.33. The van der Waals surface area contributed by atoms with E-state index < -0.39 is 42.2 Å². The number of aliphatic hydroxyl groups excluding tert-OH is 2. The predicted octanol–water partition coefficient (Wildman–Crippen LogP) is 6.24. The molecule has 2 N–H and O–H groups in total. The standard InChI is InChI=1S/C45H75NO11/c1-28-16-19-35(48)24-36-14-13-15-37(56-36)25-39(52-9)32(5)40(53-10)26-41(54-11)33(6)45(57-42(50)21-17-28)34(7)43(51)29(2)18-20-38(49)31(4)44(55-12)30(3)22-23-46(8)27-47/h13-14,16-17,21-23,27,29-37,39-41,43-45,48,51H,15,18-20,24-26H2,1-12H3/b21-17?,23-22+,28-16-/t29-,30+,31-,32+,33-,34-,35-,36-,37+,39-,40-,41+,43-,44+,45-/m0/s1. The highest BCUT2D eigenvalue weighted by Crippen LogP contribution is 2.34. The van der Waals surface area contributed by atoms with Gasteiger partial charge in [-0.1, -0.05) is 77.5 Å². The first-order valence-corrected chi connectivity index (χ1v) is 20.7. The van der Waals surface area contributed by atoms with E-state index >= 15 is 0 Å². The predicted molar refractivity (Wildman–Crippen MR) is 221 cm³/mol. The van der Waals surface area contributed by atoms with Gasteiger partial charge < -0.3 is 43.5 Å². The first-order valence-electron chi connectivity index (χ1n) is 20.7. The van der Waals surface area contributed by atoms with Crippen LogP contribution in [0, 0.1) is 35.5 Å². The van der Waals surface area contributed by atoms with Gasteiger partial charge in [-0.2, -0.15) is 0 Å². The smallest absolute Gasteiger partial charge is 0.331 e. The van der Waals surface area contributed by atoms with Crippen LogP contribution in [0.5, 0.6) is 0 Å². The molecule has 0 aromatic carbocycles. The lowest BCUT2D eigenvalue weighted by Gasteiger charge is -2.39. The molecule has 2 heterocycles. The largest absolute Gasteiger partial charge is 0.458 e. The maximum absolute atomic E-state index is 13.5. The zero-order valence-corrected chi connectivity index (χ0v) is 36.7. The third kappa shape index (κ3) is 16.1. The van der Waals surface area contributed by atoms with E-state index in [0.29, 0.717) is 38.5 Å². The Morgan fingerprint density at radius 1 is 0.965 bits per heavy atom. The second-order valence-electron chi connectivity index (χ2n) is 16.6. The summed E-state index contributed by atoms with van der Waals surface area (Å²) in [6.07, 6.45) is 12.8. The Hall–Kier alpha value is -2.71. The molecule has 15 atom stereocenters. The number of Topliss-reactive ketones (excluding diaryl/α,β-unsaturated/α-hetero) is 1. The lowest BCUT2D eigenvalue weighted by Crippen LogP contribution is -2.46. The molecule has 12 heteroatoms. The van der Waals surface area contributed by atoms with E-state index in [-0.39, 0.29) is 66.4 Å². The van der Waals surface area contributed by atoms with Crippen LogP contribution in [-0.2, 0) is 42.8 Å². The molecule has 0 spiro atoms. The van der Waals surface area contributed by atoms with Crippen LogP contribution in [0.3, 0.4) is 0 Å². The Balaban J connectivity index is 2.36. The summed E-state index contributed by atoms with van der Waals surface area (Å²) in [5, 5.41) is 22.7. The molecule has 1 amide bonds. The van der Waals surface area contributed by atoms with E-state index in [1.165, 1.54) is 11.0 Å². The molecule has 0 fully saturated rings. The van der Waals surface area contributed by atoms with Crippen molar-refractivity contribution >= 4 is 18.2 Å². The van der Waals surface area contributed by atoms with Gasteiger partial charge in [0.2, 0.25) is 6.41 Å². The van der Waals surface area contributed by atoms with Crippen molar-refractivity contribution in [2.75, 3.05) is 35.5 Å². The molecular formula is C45H75NO11. The molecule has 2 bridgehead atoms. The van der Waals surface area contributed by atoms with Crippen molar-refractivity contribution in [2.24, 2.45) is 35.5 Å². The second-order valence-corrected chi connectivity index (χ2v) is 16.6. The molecule has 12 nitrogen and oxygen atoms in total. The van der Waals surface area contributed by atoms with Gasteiger partial charge in [-0.3, -0.25) is 9.59 Å². The van der Waals surface area contributed by atoms with E-state index in [2.05, 4.69) is 13.0 Å². The maximum atomic E-state index is 13.5. The zero-order chi connectivity index (χ0) is 42.8. The summed E-state index contributed by atoms with van der Waals surface area (Å²) in [6.45, 7) is 13.5. The van der Waals surface area contributed by atoms with Gasteiger partial charge in [0.25, 0.3) is 0 Å². The van der Waals surface area contributed by atoms with Crippen molar-refractivity contribution in [3.63, 3.8) is 0 Å². The van der Waals surface area contributed by atoms with Crippen LogP contribution in [-0.4, -0.2) is 124 Å². The number of methoxy groups -OCH3 is 4. The third-order valence-corrected chi connectivity index (χ3v) is 12.3. The number of fused-ring (bicyclic) bond motifs is 2. The van der Waals surface area contributed by atoms with Crippen molar-refractivity contribution in [3.05, 3.63) is 48.2 Å². The quantitative estimate of drug-likeness (QED) is 0.104. The van der Waals surface area contributed by atoms with Gasteiger partial charge in [-0.15, -0.1) is 0 Å². The van der Waals surface area contributed by atoms with Crippen LogP contribution in [0.15, 0.2) is 48.2 Å². The van der Waals surface area contributed by atoms with Crippen LogP contribution in [0.25, 0.3) is 0 Å². The van der Waals surface area contributed by atoms with Gasteiger partial charge >= 0.3 is 5.97 Å². The summed E-state index contributed by atoms with van der Waals surface area (Å²) in [6, 6.07) is 0. The lowest BCUT2D eigenvalue weighted by atomic mass is 9.78. The molecular weight excluding hydrogens is 730 g/mol. The number of allylic oxidation sites excluding steroid dienone is 2. The maximum Gasteiger partial charge on any atom is 0.331 e. The number of carbonyl (C=O) groups excluding carboxylic acids is 3. The molecule has 57 heavy (non-hydrogen) atoms. The van der Waals surface area contributed by atoms with Gasteiger partial charge in [0.05, 0.1) is 48.8 Å². The van der Waals surface area contributed by atoms with Crippen molar-refractivity contribution < 1.29 is 53.0 Å². The number of carbonyl (C=O) groups is 3. The molecule has 2 aliphatic heterocycles. The average Bonchev–Trinajstić information content (AvgIpc) is 3.20. The molecule has 2 aliphatic rings. The van der Waals surface area contributed by atoms with Crippen LogP contribution < -0.4 is 0 Å². The number of hydrogen-bond donors (Lipinski definition) is 2. The van der Waals surface area contributed by atoms with Crippen molar-refractivity contribution in [3.8, 4) is 0 Å². The fourth-order valence-electron chi connectivity index (χ4n) is 8.31. The number of esters is 1. The Kier molecular flexibility index (Phi) is 22.7. The number of ketones is 1. The van der Waals surface area contributed by atoms with E-state index in [4.69, 9.17) is 28.4 Å². The Bertz CT molecular complexity index is 1330. The number of ether oxygens (including phenoxy) is 6. The van der Waals surface area contributed by atoms with Gasteiger partial charge in [-0.05, 0) is 32.1 Å². The SMILES string of the molecule is CO[C@H]([C@H](C)/C=C/N(C)C=O)[C@@H](C)C(=O)CC[C@H](C)[C@H](O)[C@H](C)[C@H]1OC(=O)C=C/C(C)=C\C[C@H](O)C[C@@H]2C=CC[C@H](C[C@H](OC)[C@@H](C)[C@@H](OC)C[C@@H](OC)[C@@H]1C)O2. The Labute approximate surface area is 343 Å². The number of hydrogen-bond acceptors (Lipinski definition) is 11. The number of nitrogens with zero attached hydrogens (tertiary/aromatic N) is 1. The minimum absolute atomic E-state index is 0.0147. The van der Waals surface area contributed by atoms with E-state index in [1.807, 2.05) is 59.8 Å². The molecule has 0 aliphatic carbocycles. The first kappa shape index (κ1) is 50.4. The van der Waals surface area contributed by atoms with E-state index in [9.17, 15) is 24.6 Å². The van der Waals surface area contributed by atoms with Crippen LogP contribution >= 0.6 is 0 Å². The second kappa shape index (κ2) is 25.7. The zero-order valence-electron chi connectivity index (χ0n) is 36.7. The highest BCUT2D eigenvalue weighted by Gasteiger charge is 2.40. The summed E-state index contributed by atoms with van der Waals surface area (Å²) in [5.41, 5.74) is 0.799. The Morgan fingerprint density at radius 3 is 2.21 bits per heavy atom.